The molecule has 2 aromatic rings. The summed E-state index contributed by atoms with van der Waals surface area (Å²) in [5, 5.41) is 8.66. The van der Waals surface area contributed by atoms with Gasteiger partial charge in [0.2, 0.25) is 0 Å². The molecule has 1 aliphatic heterocycles. The number of aromatic nitrogens is 2. The van der Waals surface area contributed by atoms with E-state index in [-0.39, 0.29) is 5.71 Å². The number of anilines is 2. The van der Waals surface area contributed by atoms with Crippen molar-refractivity contribution in [3.8, 4) is 0 Å². The molecule has 156 valence electrons. The quantitative estimate of drug-likeness (QED) is 0.290. The minimum absolute atomic E-state index is 0.285. The highest BCUT2D eigenvalue weighted by Gasteiger charge is 2.24. The average Bonchev–Trinajstić information content (AvgIpc) is 2.75. The zero-order valence-electron chi connectivity index (χ0n) is 16.9. The van der Waals surface area contributed by atoms with Gasteiger partial charge in [-0.15, -0.1) is 4.31 Å². The second kappa shape index (κ2) is 10.0. The summed E-state index contributed by atoms with van der Waals surface area (Å²) in [7, 11) is 1.69. The third-order valence-corrected chi connectivity index (χ3v) is 6.13. The van der Waals surface area contributed by atoms with E-state index >= 15 is 0 Å². The molecule has 0 radical (unpaired) electrons. The molecule has 0 amide bonds. The van der Waals surface area contributed by atoms with Crippen molar-refractivity contribution in [1.29, 1.82) is 5.41 Å². The highest BCUT2D eigenvalue weighted by atomic mass is 32.2. The summed E-state index contributed by atoms with van der Waals surface area (Å²) in [6.45, 7) is 3.61. The number of nitrogen functional groups attached to an aromatic ring is 1. The maximum atomic E-state index is 11.6. The standard InChI is InChI=1S/C20H28N6O2S/c1-28-11-3-4-15-5-6-17(21)16(12-15)20(22)18-13-19(24-14-23-18)25-7-9-26(10-8-25)29(2)27/h5-6,12-14,22H,3-4,7-11,21H2,1-2H3. The van der Waals surface area contributed by atoms with Crippen molar-refractivity contribution in [2.75, 3.05) is 56.8 Å². The molecule has 8 nitrogen and oxygen atoms in total. The van der Waals surface area contributed by atoms with Crippen LogP contribution in [0, 0.1) is 5.41 Å². The lowest BCUT2D eigenvalue weighted by atomic mass is 10.00. The Balaban J connectivity index is 1.75. The van der Waals surface area contributed by atoms with Gasteiger partial charge in [-0.05, 0) is 30.5 Å². The number of nitrogens with one attached hydrogen (secondary N) is 1. The van der Waals surface area contributed by atoms with Crippen LogP contribution in [-0.2, 0) is 22.5 Å². The van der Waals surface area contributed by atoms with Crippen LogP contribution in [0.25, 0.3) is 0 Å². The second-order valence-corrected chi connectivity index (χ2v) is 8.36. The monoisotopic (exact) mass is 416 g/mol. The number of nitrogens with zero attached hydrogens (tertiary/aromatic N) is 4. The highest BCUT2D eigenvalue weighted by molar-refractivity contribution is 7.88. The first-order chi connectivity index (χ1) is 14.0. The number of hydrogen-bond donors (Lipinski definition) is 2. The Morgan fingerprint density at radius 3 is 2.69 bits per heavy atom. The van der Waals surface area contributed by atoms with Gasteiger partial charge in [-0.25, -0.2) is 9.97 Å². The number of hydrogen-bond acceptors (Lipinski definition) is 8. The van der Waals surface area contributed by atoms with Crippen LogP contribution < -0.4 is 10.6 Å². The third-order valence-electron chi connectivity index (χ3n) is 5.04. The van der Waals surface area contributed by atoms with E-state index in [0.717, 1.165) is 50.4 Å². The van der Waals surface area contributed by atoms with Crippen LogP contribution >= 0.6 is 0 Å². The zero-order valence-corrected chi connectivity index (χ0v) is 17.7. The van der Waals surface area contributed by atoms with Crippen LogP contribution in [0.5, 0.6) is 0 Å². The van der Waals surface area contributed by atoms with Crippen LogP contribution in [0.4, 0.5) is 11.5 Å². The number of methoxy groups -OCH3 is 1. The van der Waals surface area contributed by atoms with Crippen LogP contribution in [0.15, 0.2) is 30.6 Å². The Bertz CT molecular complexity index is 839. The van der Waals surface area contributed by atoms with E-state index in [1.807, 2.05) is 28.6 Å². The molecule has 3 rings (SSSR count). The number of rotatable bonds is 8. The minimum atomic E-state index is -0.950. The molecule has 1 fully saturated rings. The second-order valence-electron chi connectivity index (χ2n) is 6.99. The summed E-state index contributed by atoms with van der Waals surface area (Å²) in [5.74, 6) is 0.774. The highest BCUT2D eigenvalue weighted by Crippen LogP contribution is 2.21. The van der Waals surface area contributed by atoms with Crippen LogP contribution in [-0.4, -0.2) is 70.7 Å². The Labute approximate surface area is 174 Å². The van der Waals surface area contributed by atoms with Gasteiger partial charge >= 0.3 is 0 Å². The van der Waals surface area contributed by atoms with Crippen molar-refractivity contribution in [3.63, 3.8) is 0 Å². The molecular formula is C20H28N6O2S. The lowest BCUT2D eigenvalue weighted by molar-refractivity contribution is 0.195. The van der Waals surface area contributed by atoms with Crippen molar-refractivity contribution in [3.05, 3.63) is 47.4 Å². The SMILES string of the molecule is COCCCc1ccc(N)c(C(=N)c2cc(N3CCN([S+](C)[O-])CC3)ncn2)c1. The first-order valence-electron chi connectivity index (χ1n) is 9.61. The molecule has 1 aromatic carbocycles. The third kappa shape index (κ3) is 5.45. The van der Waals surface area contributed by atoms with E-state index in [0.29, 0.717) is 23.6 Å². The Hall–Kier alpha value is -2.20. The van der Waals surface area contributed by atoms with Gasteiger partial charge in [-0.1, -0.05) is 6.07 Å². The predicted octanol–water partition coefficient (Wildman–Crippen LogP) is 1.47. The van der Waals surface area contributed by atoms with E-state index in [4.69, 9.17) is 15.9 Å². The maximum Gasteiger partial charge on any atom is 0.132 e. The van der Waals surface area contributed by atoms with Crippen molar-refractivity contribution in [2.24, 2.45) is 0 Å². The molecule has 1 saturated heterocycles. The predicted molar refractivity (Wildman–Crippen MR) is 117 cm³/mol. The number of piperazine rings is 1. The number of benzene rings is 1. The molecule has 1 unspecified atom stereocenters. The van der Waals surface area contributed by atoms with Crippen LogP contribution in [0.1, 0.15) is 23.2 Å². The molecule has 9 heteroatoms. The van der Waals surface area contributed by atoms with Gasteiger partial charge < -0.3 is 19.9 Å². The van der Waals surface area contributed by atoms with Crippen molar-refractivity contribution in [1.82, 2.24) is 14.3 Å². The molecule has 0 bridgehead atoms. The van der Waals surface area contributed by atoms with Crippen molar-refractivity contribution in [2.45, 2.75) is 12.8 Å². The number of nitrogens with two attached hydrogens (primary N) is 1. The van der Waals surface area contributed by atoms with Gasteiger partial charge in [0.25, 0.3) is 0 Å². The topological polar surface area (TPSA) is 114 Å². The van der Waals surface area contributed by atoms with E-state index in [1.165, 1.54) is 6.33 Å². The van der Waals surface area contributed by atoms with Gasteiger partial charge in [0.15, 0.2) is 0 Å². The molecular weight excluding hydrogens is 388 g/mol. The lowest BCUT2D eigenvalue weighted by Crippen LogP contribution is -2.48. The van der Waals surface area contributed by atoms with E-state index in [2.05, 4.69) is 14.9 Å². The zero-order chi connectivity index (χ0) is 20.8. The molecule has 1 atom stereocenters. The van der Waals surface area contributed by atoms with Gasteiger partial charge in [0.05, 0.1) is 24.5 Å². The maximum absolute atomic E-state index is 11.6. The van der Waals surface area contributed by atoms with Crippen LogP contribution in [0.2, 0.25) is 0 Å². The summed E-state index contributed by atoms with van der Waals surface area (Å²) in [4.78, 5) is 10.8. The Morgan fingerprint density at radius 1 is 1.24 bits per heavy atom. The van der Waals surface area contributed by atoms with Gasteiger partial charge in [0, 0.05) is 55.5 Å². The summed E-state index contributed by atoms with van der Waals surface area (Å²) in [5.41, 5.74) is 9.33. The molecule has 2 heterocycles. The van der Waals surface area contributed by atoms with Gasteiger partial charge in [-0.3, -0.25) is 5.41 Å². The molecule has 0 spiro atoms. The van der Waals surface area contributed by atoms with Gasteiger partial charge in [0.1, 0.15) is 18.4 Å². The average molecular weight is 417 g/mol. The van der Waals surface area contributed by atoms with E-state index in [9.17, 15) is 4.55 Å². The van der Waals surface area contributed by atoms with Crippen molar-refractivity contribution >= 4 is 28.6 Å². The minimum Gasteiger partial charge on any atom is -0.598 e. The Morgan fingerprint density at radius 2 is 2.00 bits per heavy atom. The molecule has 0 saturated carbocycles. The summed E-state index contributed by atoms with van der Waals surface area (Å²) in [6.07, 6.45) is 4.97. The fourth-order valence-electron chi connectivity index (χ4n) is 3.37. The summed E-state index contributed by atoms with van der Waals surface area (Å²) < 4.78 is 18.7. The normalized spacial score (nSPS) is 16.0. The Kier molecular flexibility index (Phi) is 7.43. The van der Waals surface area contributed by atoms with Crippen LogP contribution in [0.3, 0.4) is 0 Å². The number of aryl methyl sites for hydroxylation is 1. The summed E-state index contributed by atoms with van der Waals surface area (Å²) >= 11 is -0.950. The smallest absolute Gasteiger partial charge is 0.132 e. The van der Waals surface area contributed by atoms with Gasteiger partial charge in [-0.2, -0.15) is 0 Å². The van der Waals surface area contributed by atoms with E-state index < -0.39 is 11.4 Å². The number of ether oxygens (including phenoxy) is 1. The molecule has 0 aliphatic carbocycles. The molecule has 3 N–H and O–H groups in total. The fraction of sp³-hybridized carbons (Fsp3) is 0.450. The first-order valence-corrected chi connectivity index (χ1v) is 11.1. The lowest BCUT2D eigenvalue weighted by Gasteiger charge is -2.34. The molecule has 29 heavy (non-hydrogen) atoms. The summed E-state index contributed by atoms with van der Waals surface area (Å²) in [6, 6.07) is 7.63. The molecule has 1 aliphatic rings. The molecule has 1 aromatic heterocycles. The first kappa shape index (κ1) is 21.5. The van der Waals surface area contributed by atoms with E-state index in [1.54, 1.807) is 13.4 Å². The fourth-order valence-corrected chi connectivity index (χ4v) is 4.04. The largest absolute Gasteiger partial charge is 0.598 e. The van der Waals surface area contributed by atoms with Crippen molar-refractivity contribution < 1.29 is 9.29 Å².